The van der Waals surface area contributed by atoms with Crippen LogP contribution < -0.4 is 9.47 Å². The smallest absolute Gasteiger partial charge is 0.127 e. The van der Waals surface area contributed by atoms with Crippen molar-refractivity contribution >= 4 is 27.5 Å². The molecule has 4 heteroatoms. The summed E-state index contributed by atoms with van der Waals surface area (Å²) in [5, 5.41) is -0.331. The predicted molar refractivity (Wildman–Crippen MR) is 90.9 cm³/mol. The number of hydrogen-bond donors (Lipinski definition) is 0. The Morgan fingerprint density at radius 3 is 2.10 bits per heavy atom. The van der Waals surface area contributed by atoms with Gasteiger partial charge in [-0.1, -0.05) is 28.1 Å². The zero-order valence-corrected chi connectivity index (χ0v) is 14.9. The number of halogens is 2. The van der Waals surface area contributed by atoms with Gasteiger partial charge in [0.2, 0.25) is 0 Å². The second kappa shape index (κ2) is 6.71. The summed E-state index contributed by atoms with van der Waals surface area (Å²) in [7, 11) is 3.28. The van der Waals surface area contributed by atoms with Gasteiger partial charge >= 0.3 is 0 Å². The molecule has 0 aliphatic heterocycles. The van der Waals surface area contributed by atoms with E-state index in [1.165, 1.54) is 0 Å². The Morgan fingerprint density at radius 2 is 1.57 bits per heavy atom. The third-order valence-electron chi connectivity index (χ3n) is 3.54. The summed E-state index contributed by atoms with van der Waals surface area (Å²) >= 11 is 10.3. The standard InChI is InChI=1S/C17H18BrClO2/c1-10-9-13(18)11(2)8-12(10)17(19)16-14(20-3)6-5-7-15(16)21-4/h5-9,17H,1-4H3. The predicted octanol–water partition coefficient (Wildman–Crippen LogP) is 5.41. The van der Waals surface area contributed by atoms with E-state index < -0.39 is 0 Å². The van der Waals surface area contributed by atoms with Gasteiger partial charge in [-0.05, 0) is 48.7 Å². The van der Waals surface area contributed by atoms with Crippen LogP contribution in [0.3, 0.4) is 0 Å². The van der Waals surface area contributed by atoms with Crippen LogP contribution >= 0.6 is 27.5 Å². The lowest BCUT2D eigenvalue weighted by molar-refractivity contribution is 0.386. The van der Waals surface area contributed by atoms with Gasteiger partial charge < -0.3 is 9.47 Å². The lowest BCUT2D eigenvalue weighted by Gasteiger charge is -2.20. The van der Waals surface area contributed by atoms with Crippen molar-refractivity contribution in [3.8, 4) is 11.5 Å². The topological polar surface area (TPSA) is 18.5 Å². The summed E-state index contributed by atoms with van der Waals surface area (Å²) < 4.78 is 12.0. The molecule has 2 nitrogen and oxygen atoms in total. The van der Waals surface area contributed by atoms with Gasteiger partial charge in [0.15, 0.2) is 0 Å². The van der Waals surface area contributed by atoms with Crippen LogP contribution in [0.2, 0.25) is 0 Å². The fourth-order valence-electron chi connectivity index (χ4n) is 2.36. The highest BCUT2D eigenvalue weighted by molar-refractivity contribution is 9.10. The maximum atomic E-state index is 6.75. The van der Waals surface area contributed by atoms with E-state index in [9.17, 15) is 0 Å². The highest BCUT2D eigenvalue weighted by Crippen LogP contribution is 2.42. The van der Waals surface area contributed by atoms with E-state index in [0.717, 1.165) is 38.2 Å². The first kappa shape index (κ1) is 16.2. The molecule has 2 rings (SSSR count). The second-order valence-corrected chi connectivity index (χ2v) is 6.19. The molecule has 0 radical (unpaired) electrons. The first-order valence-electron chi connectivity index (χ1n) is 6.61. The van der Waals surface area contributed by atoms with E-state index in [-0.39, 0.29) is 5.38 Å². The number of hydrogen-bond acceptors (Lipinski definition) is 2. The summed E-state index contributed by atoms with van der Waals surface area (Å²) in [5.41, 5.74) is 4.18. The number of benzene rings is 2. The summed E-state index contributed by atoms with van der Waals surface area (Å²) in [4.78, 5) is 0. The lowest BCUT2D eigenvalue weighted by Crippen LogP contribution is -2.03. The van der Waals surface area contributed by atoms with Gasteiger partial charge in [-0.2, -0.15) is 0 Å². The molecule has 0 fully saturated rings. The highest BCUT2D eigenvalue weighted by atomic mass is 79.9. The molecule has 2 aromatic carbocycles. The first-order valence-corrected chi connectivity index (χ1v) is 7.84. The maximum Gasteiger partial charge on any atom is 0.127 e. The molecule has 0 saturated carbocycles. The average molecular weight is 370 g/mol. The van der Waals surface area contributed by atoms with Crippen LogP contribution in [-0.4, -0.2) is 14.2 Å². The van der Waals surface area contributed by atoms with Gasteiger partial charge in [-0.3, -0.25) is 0 Å². The zero-order valence-electron chi connectivity index (χ0n) is 12.5. The molecule has 2 aromatic rings. The molecule has 0 spiro atoms. The number of rotatable bonds is 4. The fourth-order valence-corrected chi connectivity index (χ4v) is 3.27. The maximum absolute atomic E-state index is 6.75. The van der Waals surface area contributed by atoms with Crippen molar-refractivity contribution in [2.24, 2.45) is 0 Å². The number of methoxy groups -OCH3 is 2. The molecule has 21 heavy (non-hydrogen) atoms. The molecular weight excluding hydrogens is 352 g/mol. The largest absolute Gasteiger partial charge is 0.496 e. The molecule has 1 atom stereocenters. The molecule has 112 valence electrons. The fraction of sp³-hybridized carbons (Fsp3) is 0.294. The van der Waals surface area contributed by atoms with Crippen LogP contribution in [0, 0.1) is 13.8 Å². The Balaban J connectivity index is 2.59. The van der Waals surface area contributed by atoms with Crippen LogP contribution in [0.1, 0.15) is 27.6 Å². The second-order valence-electron chi connectivity index (χ2n) is 4.90. The van der Waals surface area contributed by atoms with Gasteiger partial charge in [0.05, 0.1) is 25.2 Å². The van der Waals surface area contributed by atoms with Crippen molar-refractivity contribution in [1.29, 1.82) is 0 Å². The van der Waals surface area contributed by atoms with Crippen molar-refractivity contribution in [2.45, 2.75) is 19.2 Å². The van der Waals surface area contributed by atoms with Gasteiger partial charge in [-0.15, -0.1) is 11.6 Å². The van der Waals surface area contributed by atoms with Gasteiger partial charge in [-0.25, -0.2) is 0 Å². The Kier molecular flexibility index (Phi) is 5.17. The van der Waals surface area contributed by atoms with E-state index >= 15 is 0 Å². The van der Waals surface area contributed by atoms with Gasteiger partial charge in [0.1, 0.15) is 11.5 Å². The van der Waals surface area contributed by atoms with E-state index in [4.69, 9.17) is 21.1 Å². The van der Waals surface area contributed by atoms with E-state index in [1.807, 2.05) is 18.2 Å². The van der Waals surface area contributed by atoms with Crippen LogP contribution in [0.15, 0.2) is 34.8 Å². The lowest BCUT2D eigenvalue weighted by atomic mass is 9.97. The van der Waals surface area contributed by atoms with Crippen molar-refractivity contribution in [3.63, 3.8) is 0 Å². The van der Waals surface area contributed by atoms with Crippen LogP contribution in [-0.2, 0) is 0 Å². The number of alkyl halides is 1. The van der Waals surface area contributed by atoms with Crippen LogP contribution in [0.25, 0.3) is 0 Å². The van der Waals surface area contributed by atoms with Crippen LogP contribution in [0.5, 0.6) is 11.5 Å². The van der Waals surface area contributed by atoms with Crippen LogP contribution in [0.4, 0.5) is 0 Å². The number of aryl methyl sites for hydroxylation is 2. The monoisotopic (exact) mass is 368 g/mol. The Bertz CT molecular complexity index is 633. The van der Waals surface area contributed by atoms with E-state index in [2.05, 4.69) is 41.9 Å². The van der Waals surface area contributed by atoms with Gasteiger partial charge in [0, 0.05) is 4.47 Å². The molecule has 0 N–H and O–H groups in total. The minimum Gasteiger partial charge on any atom is -0.496 e. The quantitative estimate of drug-likeness (QED) is 0.671. The third-order valence-corrected chi connectivity index (χ3v) is 4.85. The first-order chi connectivity index (χ1) is 9.99. The van der Waals surface area contributed by atoms with Crippen molar-refractivity contribution in [1.82, 2.24) is 0 Å². The Labute approximate surface area is 139 Å². The molecule has 0 heterocycles. The van der Waals surface area contributed by atoms with Crippen molar-refractivity contribution in [3.05, 3.63) is 57.1 Å². The minimum absolute atomic E-state index is 0.331. The summed E-state index contributed by atoms with van der Waals surface area (Å²) in [5.74, 6) is 1.46. The minimum atomic E-state index is -0.331. The van der Waals surface area contributed by atoms with Crippen molar-refractivity contribution < 1.29 is 9.47 Å². The van der Waals surface area contributed by atoms with E-state index in [0.29, 0.717) is 0 Å². The Hall–Kier alpha value is -1.19. The molecule has 1 unspecified atom stereocenters. The Morgan fingerprint density at radius 1 is 1.00 bits per heavy atom. The highest BCUT2D eigenvalue weighted by Gasteiger charge is 2.22. The average Bonchev–Trinajstić information content (AvgIpc) is 2.49. The molecule has 0 bridgehead atoms. The summed E-state index contributed by atoms with van der Waals surface area (Å²) in [6, 6.07) is 9.87. The normalized spacial score (nSPS) is 12.1. The SMILES string of the molecule is COc1cccc(OC)c1C(Cl)c1cc(C)c(Br)cc1C. The zero-order chi connectivity index (χ0) is 15.6. The molecular formula is C17H18BrClO2. The molecule has 0 aromatic heterocycles. The summed E-state index contributed by atoms with van der Waals surface area (Å²) in [6.45, 7) is 4.10. The molecule has 0 amide bonds. The number of ether oxygens (including phenoxy) is 2. The third kappa shape index (κ3) is 3.19. The van der Waals surface area contributed by atoms with Gasteiger partial charge in [0.25, 0.3) is 0 Å². The van der Waals surface area contributed by atoms with Crippen molar-refractivity contribution in [2.75, 3.05) is 14.2 Å². The van der Waals surface area contributed by atoms with E-state index in [1.54, 1.807) is 14.2 Å². The molecule has 0 aliphatic carbocycles. The molecule has 0 saturated heterocycles. The summed E-state index contributed by atoms with van der Waals surface area (Å²) in [6.07, 6.45) is 0. The molecule has 0 aliphatic rings.